The van der Waals surface area contributed by atoms with Gasteiger partial charge in [-0.3, -0.25) is 9.98 Å². The second-order valence-electron chi connectivity index (χ2n) is 3.45. The third kappa shape index (κ3) is 1.63. The van der Waals surface area contributed by atoms with E-state index in [1.54, 1.807) is 0 Å². The van der Waals surface area contributed by atoms with Gasteiger partial charge in [0.25, 0.3) is 0 Å². The van der Waals surface area contributed by atoms with Crippen molar-refractivity contribution in [3.05, 3.63) is 42.1 Å². The van der Waals surface area contributed by atoms with E-state index < -0.39 is 0 Å². The molecule has 0 aliphatic carbocycles. The highest BCUT2D eigenvalue weighted by Crippen LogP contribution is 2.21. The lowest BCUT2D eigenvalue weighted by Gasteiger charge is -2.01. The van der Waals surface area contributed by atoms with Gasteiger partial charge >= 0.3 is 0 Å². The largest absolute Gasteiger partial charge is 0.277 e. The summed E-state index contributed by atoms with van der Waals surface area (Å²) in [6, 6.07) is 10.3. The van der Waals surface area contributed by atoms with E-state index in [0.29, 0.717) is 0 Å². The van der Waals surface area contributed by atoms with Crippen LogP contribution in [0.1, 0.15) is 5.56 Å². The summed E-state index contributed by atoms with van der Waals surface area (Å²) in [5, 5.41) is 2.32. The van der Waals surface area contributed by atoms with Crippen molar-refractivity contribution < 1.29 is 0 Å². The Morgan fingerprint density at radius 1 is 1.20 bits per heavy atom. The minimum atomic E-state index is 0.937. The van der Waals surface area contributed by atoms with Crippen LogP contribution in [0.5, 0.6) is 0 Å². The predicted molar refractivity (Wildman–Crippen MR) is 65.6 cm³/mol. The van der Waals surface area contributed by atoms with Gasteiger partial charge in [0.1, 0.15) is 0 Å². The van der Waals surface area contributed by atoms with E-state index in [1.165, 1.54) is 5.39 Å². The molecule has 0 radical (unpaired) electrons. The van der Waals surface area contributed by atoms with Crippen molar-refractivity contribution in [2.45, 2.75) is 0 Å². The van der Waals surface area contributed by atoms with Gasteiger partial charge in [-0.2, -0.15) is 0 Å². The van der Waals surface area contributed by atoms with Gasteiger partial charge in [-0.1, -0.05) is 18.2 Å². The number of para-hydroxylation sites is 1. The predicted octanol–water partition coefficient (Wildman–Crippen LogP) is 2.73. The smallest absolute Gasteiger partial charge is 0.0993 e. The molecule has 0 amide bonds. The molecule has 2 heterocycles. The van der Waals surface area contributed by atoms with Gasteiger partial charge in [0.05, 0.1) is 10.6 Å². The molecule has 0 saturated heterocycles. The van der Waals surface area contributed by atoms with Gasteiger partial charge in [-0.25, -0.2) is 0 Å². The van der Waals surface area contributed by atoms with Crippen molar-refractivity contribution in [1.29, 1.82) is 0 Å². The fourth-order valence-corrected chi connectivity index (χ4v) is 2.53. The zero-order valence-electron chi connectivity index (χ0n) is 8.18. The molecule has 0 saturated carbocycles. The molecule has 1 aliphatic heterocycles. The van der Waals surface area contributed by atoms with E-state index in [9.17, 15) is 0 Å². The number of pyridine rings is 1. The number of benzene rings is 1. The standard InChI is InChI=1S/C12H10N2S/c1-2-4-11-9(3-1)7-10(8-14-11)12-13-5-6-15-12/h1-4,7-8H,5-6H2. The van der Waals surface area contributed by atoms with Gasteiger partial charge in [0, 0.05) is 29.4 Å². The van der Waals surface area contributed by atoms with Crippen LogP contribution in [-0.4, -0.2) is 22.3 Å². The number of rotatable bonds is 1. The number of aliphatic imine (C=N–C) groups is 1. The molecular weight excluding hydrogens is 204 g/mol. The summed E-state index contributed by atoms with van der Waals surface area (Å²) in [4.78, 5) is 8.88. The number of nitrogens with zero attached hydrogens (tertiary/aromatic N) is 2. The summed E-state index contributed by atoms with van der Waals surface area (Å²) < 4.78 is 0. The molecule has 0 spiro atoms. The molecule has 0 atom stereocenters. The molecule has 0 fully saturated rings. The van der Waals surface area contributed by atoms with Crippen molar-refractivity contribution in [2.75, 3.05) is 12.3 Å². The Morgan fingerprint density at radius 2 is 2.13 bits per heavy atom. The Kier molecular flexibility index (Phi) is 2.18. The fourth-order valence-electron chi connectivity index (χ4n) is 1.70. The van der Waals surface area contributed by atoms with Crippen molar-refractivity contribution in [1.82, 2.24) is 4.98 Å². The lowest BCUT2D eigenvalue weighted by molar-refractivity contribution is 1.17. The molecule has 0 bridgehead atoms. The zero-order chi connectivity index (χ0) is 10.1. The molecule has 0 unspecified atom stereocenters. The molecule has 1 aromatic carbocycles. The lowest BCUT2D eigenvalue weighted by atomic mass is 10.2. The van der Waals surface area contributed by atoms with Crippen LogP contribution in [0.4, 0.5) is 0 Å². The molecule has 1 aromatic heterocycles. The van der Waals surface area contributed by atoms with Crippen LogP contribution in [0.25, 0.3) is 10.9 Å². The van der Waals surface area contributed by atoms with Crippen molar-refractivity contribution in [3.63, 3.8) is 0 Å². The van der Waals surface area contributed by atoms with E-state index in [-0.39, 0.29) is 0 Å². The van der Waals surface area contributed by atoms with Crippen LogP contribution in [0.15, 0.2) is 41.5 Å². The zero-order valence-corrected chi connectivity index (χ0v) is 9.00. The number of aromatic nitrogens is 1. The third-order valence-corrected chi connectivity index (χ3v) is 3.45. The second kappa shape index (κ2) is 3.66. The molecule has 3 heteroatoms. The quantitative estimate of drug-likeness (QED) is 0.729. The summed E-state index contributed by atoms with van der Waals surface area (Å²) in [6.07, 6.45) is 1.92. The minimum absolute atomic E-state index is 0.937. The molecule has 74 valence electrons. The van der Waals surface area contributed by atoms with E-state index in [0.717, 1.165) is 28.4 Å². The van der Waals surface area contributed by atoms with Gasteiger partial charge < -0.3 is 0 Å². The van der Waals surface area contributed by atoms with Gasteiger partial charge in [0.2, 0.25) is 0 Å². The van der Waals surface area contributed by atoms with Crippen molar-refractivity contribution >= 4 is 27.7 Å². The topological polar surface area (TPSA) is 25.2 Å². The van der Waals surface area contributed by atoms with Gasteiger partial charge in [-0.05, 0) is 12.1 Å². The van der Waals surface area contributed by atoms with Crippen LogP contribution in [0, 0.1) is 0 Å². The third-order valence-electron chi connectivity index (χ3n) is 2.42. The van der Waals surface area contributed by atoms with Crippen LogP contribution >= 0.6 is 11.8 Å². The summed E-state index contributed by atoms with van der Waals surface area (Å²) in [5.41, 5.74) is 2.20. The monoisotopic (exact) mass is 214 g/mol. The first kappa shape index (κ1) is 8.92. The molecule has 2 nitrogen and oxygen atoms in total. The lowest BCUT2D eigenvalue weighted by Crippen LogP contribution is -1.93. The highest BCUT2D eigenvalue weighted by atomic mass is 32.2. The molecule has 2 aromatic rings. The first-order chi connectivity index (χ1) is 7.43. The van der Waals surface area contributed by atoms with Crippen molar-refractivity contribution in [2.24, 2.45) is 4.99 Å². The maximum Gasteiger partial charge on any atom is 0.0993 e. The van der Waals surface area contributed by atoms with Crippen LogP contribution in [0.2, 0.25) is 0 Å². The molecule has 0 N–H and O–H groups in total. The number of thioether (sulfide) groups is 1. The average molecular weight is 214 g/mol. The number of hydrogen-bond acceptors (Lipinski definition) is 3. The first-order valence-corrected chi connectivity index (χ1v) is 5.94. The summed E-state index contributed by atoms with van der Waals surface area (Å²) >= 11 is 1.81. The molecule has 1 aliphatic rings. The Hall–Kier alpha value is -1.35. The van der Waals surface area contributed by atoms with Gasteiger partial charge in [0.15, 0.2) is 0 Å². The second-order valence-corrected chi connectivity index (χ2v) is 4.54. The number of hydrogen-bond donors (Lipinski definition) is 0. The van der Waals surface area contributed by atoms with E-state index >= 15 is 0 Å². The van der Waals surface area contributed by atoms with Crippen LogP contribution in [-0.2, 0) is 0 Å². The summed E-state index contributed by atoms with van der Waals surface area (Å²) in [7, 11) is 0. The Balaban J connectivity index is 2.13. The maximum atomic E-state index is 4.45. The Labute approximate surface area is 92.4 Å². The SMILES string of the molecule is c1ccc2ncc(C3=NCCS3)cc2c1. The molecular formula is C12H10N2S. The summed E-state index contributed by atoms with van der Waals surface area (Å²) in [5.74, 6) is 1.10. The van der Waals surface area contributed by atoms with Crippen molar-refractivity contribution in [3.8, 4) is 0 Å². The van der Waals surface area contributed by atoms with E-state index in [2.05, 4.69) is 22.1 Å². The first-order valence-electron chi connectivity index (χ1n) is 4.96. The van der Waals surface area contributed by atoms with E-state index in [4.69, 9.17) is 0 Å². The molecule has 3 rings (SSSR count). The average Bonchev–Trinajstić information content (AvgIpc) is 2.82. The molecule has 15 heavy (non-hydrogen) atoms. The van der Waals surface area contributed by atoms with Crippen LogP contribution in [0.3, 0.4) is 0 Å². The highest BCUT2D eigenvalue weighted by molar-refractivity contribution is 8.14. The van der Waals surface area contributed by atoms with E-state index in [1.807, 2.05) is 36.2 Å². The highest BCUT2D eigenvalue weighted by Gasteiger charge is 2.10. The van der Waals surface area contributed by atoms with Crippen LogP contribution < -0.4 is 0 Å². The maximum absolute atomic E-state index is 4.45. The number of fused-ring (bicyclic) bond motifs is 1. The normalized spacial score (nSPS) is 15.6. The van der Waals surface area contributed by atoms with Gasteiger partial charge in [-0.15, -0.1) is 11.8 Å². The Morgan fingerprint density at radius 3 is 3.00 bits per heavy atom. The minimum Gasteiger partial charge on any atom is -0.277 e. The summed E-state index contributed by atoms with van der Waals surface area (Å²) in [6.45, 7) is 0.937. The Bertz CT molecular complexity index is 534. The fraction of sp³-hybridized carbons (Fsp3) is 0.167.